The number of amides is 1. The van der Waals surface area contributed by atoms with Gasteiger partial charge in [0.1, 0.15) is 4.91 Å². The van der Waals surface area contributed by atoms with E-state index in [-0.39, 0.29) is 18.3 Å². The van der Waals surface area contributed by atoms with Crippen LogP contribution < -0.4 is 5.32 Å². The van der Waals surface area contributed by atoms with Crippen molar-refractivity contribution >= 4 is 40.9 Å². The Kier molecular flexibility index (Phi) is 8.85. The smallest absolute Gasteiger partial charge is 0.264 e. The quantitative estimate of drug-likeness (QED) is 0.409. The largest absolute Gasteiger partial charge is 0.321 e. The monoisotopic (exact) mass is 457 g/mol. The zero-order valence-corrected chi connectivity index (χ0v) is 19.9. The molecule has 6 heteroatoms. The first-order valence-electron chi connectivity index (χ1n) is 11.3. The molecular weight excluding hydrogens is 426 g/mol. The predicted molar refractivity (Wildman–Crippen MR) is 135 cm³/mol. The van der Waals surface area contributed by atoms with Gasteiger partial charge in [-0.2, -0.15) is 0 Å². The molecule has 1 aliphatic carbocycles. The predicted octanol–water partition coefficient (Wildman–Crippen LogP) is 6.47. The fourth-order valence-corrected chi connectivity index (χ4v) is 5.08. The third-order valence-electron chi connectivity index (χ3n) is 5.76. The molecule has 0 unspecified atom stereocenters. The summed E-state index contributed by atoms with van der Waals surface area (Å²) in [6, 6.07) is 8.33. The molecule has 166 valence electrons. The summed E-state index contributed by atoms with van der Waals surface area (Å²) in [5, 5.41) is 4.05. The van der Waals surface area contributed by atoms with Crippen LogP contribution in [-0.4, -0.2) is 29.1 Å². The number of unbranched alkanes of at least 4 members (excludes halogenated alkanes) is 5. The first kappa shape index (κ1) is 23.7. The van der Waals surface area contributed by atoms with E-state index in [0.29, 0.717) is 0 Å². The van der Waals surface area contributed by atoms with E-state index in [0.717, 1.165) is 53.0 Å². The first-order chi connectivity index (χ1) is 14.8. The number of carbonyl (C=O) groups excluding carboxylic acids is 1. The van der Waals surface area contributed by atoms with Gasteiger partial charge in [0.15, 0.2) is 5.17 Å². The van der Waals surface area contributed by atoms with Crippen LogP contribution in [0.4, 0.5) is 5.69 Å². The molecule has 0 radical (unpaired) electrons. The Morgan fingerprint density at radius 3 is 2.58 bits per heavy atom. The van der Waals surface area contributed by atoms with Crippen LogP contribution in [0.3, 0.4) is 0 Å². The van der Waals surface area contributed by atoms with Crippen molar-refractivity contribution in [3.8, 4) is 0 Å². The number of aryl methyl sites for hydroxylation is 1. The number of amidine groups is 1. The number of nitrogens with zero attached hydrogens (tertiary/aromatic N) is 2. The average molecular weight is 458 g/mol. The van der Waals surface area contributed by atoms with Crippen molar-refractivity contribution in [2.24, 2.45) is 4.99 Å². The SMILES string of the molecule is CCCCCCCCc1ccc(NC(=O)C2=C(C3=CC=C3)N3CCCN=C3S2)cc1.Cl. The average Bonchev–Trinajstić information content (AvgIpc) is 3.10. The van der Waals surface area contributed by atoms with Gasteiger partial charge in [0.05, 0.1) is 5.70 Å². The molecule has 2 aliphatic heterocycles. The van der Waals surface area contributed by atoms with Crippen molar-refractivity contribution in [2.75, 3.05) is 18.4 Å². The number of hydrogen-bond acceptors (Lipinski definition) is 4. The minimum Gasteiger partial charge on any atom is -0.321 e. The number of benzene rings is 1. The van der Waals surface area contributed by atoms with Crippen LogP contribution in [0.1, 0.15) is 57.4 Å². The Balaban J connectivity index is 0.00000272. The van der Waals surface area contributed by atoms with Crippen molar-refractivity contribution in [3.05, 3.63) is 64.2 Å². The van der Waals surface area contributed by atoms with Crippen LogP contribution in [0.15, 0.2) is 63.7 Å². The summed E-state index contributed by atoms with van der Waals surface area (Å²) in [5.41, 5.74) is 4.33. The summed E-state index contributed by atoms with van der Waals surface area (Å²) < 4.78 is 0. The van der Waals surface area contributed by atoms with Gasteiger partial charge in [0, 0.05) is 18.8 Å². The van der Waals surface area contributed by atoms with E-state index in [2.05, 4.69) is 46.4 Å². The molecule has 1 N–H and O–H groups in total. The number of carbonyl (C=O) groups is 1. The highest BCUT2D eigenvalue weighted by molar-refractivity contribution is 8.18. The molecule has 31 heavy (non-hydrogen) atoms. The third kappa shape index (κ3) is 5.83. The van der Waals surface area contributed by atoms with Gasteiger partial charge in [-0.1, -0.05) is 69.4 Å². The van der Waals surface area contributed by atoms with E-state index in [1.807, 2.05) is 18.2 Å². The summed E-state index contributed by atoms with van der Waals surface area (Å²) in [5.74, 6) is -0.0445. The van der Waals surface area contributed by atoms with Gasteiger partial charge in [-0.15, -0.1) is 12.4 Å². The molecule has 4 nitrogen and oxygen atoms in total. The second-order valence-electron chi connectivity index (χ2n) is 8.10. The van der Waals surface area contributed by atoms with Crippen LogP contribution in [0, 0.1) is 0 Å². The van der Waals surface area contributed by atoms with Gasteiger partial charge in [-0.25, -0.2) is 0 Å². The second-order valence-corrected chi connectivity index (χ2v) is 9.08. The molecule has 0 aromatic heterocycles. The maximum atomic E-state index is 13.1. The molecule has 0 fully saturated rings. The van der Waals surface area contributed by atoms with Gasteiger partial charge < -0.3 is 10.2 Å². The number of hydrogen-bond donors (Lipinski definition) is 1. The van der Waals surface area contributed by atoms with E-state index < -0.39 is 0 Å². The van der Waals surface area contributed by atoms with E-state index in [4.69, 9.17) is 0 Å². The van der Waals surface area contributed by atoms with Gasteiger partial charge >= 0.3 is 0 Å². The minimum atomic E-state index is -0.0445. The molecule has 4 rings (SSSR count). The summed E-state index contributed by atoms with van der Waals surface area (Å²) >= 11 is 1.50. The maximum absolute atomic E-state index is 13.1. The third-order valence-corrected chi connectivity index (χ3v) is 6.87. The lowest BCUT2D eigenvalue weighted by atomic mass is 10.0. The molecule has 0 spiro atoms. The topological polar surface area (TPSA) is 44.7 Å². The highest BCUT2D eigenvalue weighted by atomic mass is 35.5. The molecule has 2 heterocycles. The zero-order chi connectivity index (χ0) is 20.8. The van der Waals surface area contributed by atoms with Crippen molar-refractivity contribution < 1.29 is 4.79 Å². The molecule has 3 aliphatic rings. The molecule has 1 aromatic rings. The number of anilines is 1. The molecule has 0 saturated carbocycles. The number of halogens is 1. The zero-order valence-electron chi connectivity index (χ0n) is 18.2. The summed E-state index contributed by atoms with van der Waals surface area (Å²) in [6.45, 7) is 4.02. The van der Waals surface area contributed by atoms with Crippen molar-refractivity contribution in [3.63, 3.8) is 0 Å². The molecule has 0 atom stereocenters. The van der Waals surface area contributed by atoms with Crippen LogP contribution in [0.2, 0.25) is 0 Å². The van der Waals surface area contributed by atoms with E-state index in [1.165, 1.54) is 55.9 Å². The number of aliphatic imine (C=N–C) groups is 1. The highest BCUT2D eigenvalue weighted by Crippen LogP contribution is 2.41. The lowest BCUT2D eigenvalue weighted by Crippen LogP contribution is -2.30. The minimum absolute atomic E-state index is 0. The van der Waals surface area contributed by atoms with Crippen LogP contribution in [-0.2, 0) is 11.2 Å². The number of nitrogens with one attached hydrogen (secondary N) is 1. The highest BCUT2D eigenvalue weighted by Gasteiger charge is 2.36. The van der Waals surface area contributed by atoms with E-state index >= 15 is 0 Å². The second kappa shape index (κ2) is 11.6. The molecule has 0 saturated heterocycles. The summed E-state index contributed by atoms with van der Waals surface area (Å²) in [6.07, 6.45) is 16.2. The van der Waals surface area contributed by atoms with E-state index in [9.17, 15) is 4.79 Å². The van der Waals surface area contributed by atoms with Gasteiger partial charge in [-0.05, 0) is 54.3 Å². The normalized spacial score (nSPS) is 16.9. The Labute approximate surface area is 196 Å². The molecule has 0 bridgehead atoms. The molecule has 1 amide bonds. The number of thioether (sulfide) groups is 1. The Bertz CT molecular complexity index is 902. The molecule has 1 aromatic carbocycles. The van der Waals surface area contributed by atoms with Crippen molar-refractivity contribution in [2.45, 2.75) is 58.3 Å². The van der Waals surface area contributed by atoms with Gasteiger partial charge in [0.25, 0.3) is 5.91 Å². The number of rotatable bonds is 10. The fourth-order valence-electron chi connectivity index (χ4n) is 3.98. The number of fused-ring (bicyclic) bond motifs is 1. The van der Waals surface area contributed by atoms with Gasteiger partial charge in [0.2, 0.25) is 0 Å². The van der Waals surface area contributed by atoms with Crippen LogP contribution in [0.5, 0.6) is 0 Å². The van der Waals surface area contributed by atoms with Crippen LogP contribution >= 0.6 is 24.2 Å². The lowest BCUT2D eigenvalue weighted by Gasteiger charge is -2.26. The fraction of sp³-hybridized carbons (Fsp3) is 0.440. The van der Waals surface area contributed by atoms with Crippen molar-refractivity contribution in [1.29, 1.82) is 0 Å². The Hall–Kier alpha value is -1.98. The van der Waals surface area contributed by atoms with Crippen LogP contribution in [0.25, 0.3) is 0 Å². The summed E-state index contributed by atoms with van der Waals surface area (Å²) in [7, 11) is 0. The van der Waals surface area contributed by atoms with E-state index in [1.54, 1.807) is 0 Å². The summed E-state index contributed by atoms with van der Waals surface area (Å²) in [4.78, 5) is 20.6. The van der Waals surface area contributed by atoms with Crippen molar-refractivity contribution in [1.82, 2.24) is 4.90 Å². The lowest BCUT2D eigenvalue weighted by molar-refractivity contribution is -0.112. The standard InChI is InChI=1S/C25H31N3OS.ClH/c1-2-3-4-5-6-7-10-19-13-15-21(16-14-19)27-24(29)23-22(20-11-8-12-20)28-18-9-17-26-25(28)30-23;/h8,11-16H,2-7,9-10,17-18H2,1H3,(H,27,29);1H. The molecular formula is C25H32ClN3OS. The van der Waals surface area contributed by atoms with Gasteiger partial charge in [-0.3, -0.25) is 9.79 Å². The first-order valence-corrected chi connectivity index (χ1v) is 12.1. The maximum Gasteiger partial charge on any atom is 0.264 e. The Morgan fingerprint density at radius 1 is 1.13 bits per heavy atom. The Morgan fingerprint density at radius 2 is 1.87 bits per heavy atom. The number of allylic oxidation sites excluding steroid dienone is 3.